The van der Waals surface area contributed by atoms with Gasteiger partial charge in [0.1, 0.15) is 5.75 Å². The van der Waals surface area contributed by atoms with Gasteiger partial charge in [-0.2, -0.15) is 0 Å². The van der Waals surface area contributed by atoms with Crippen LogP contribution in [0, 0.1) is 0 Å². The molecule has 0 saturated carbocycles. The number of rotatable bonds is 9. The number of ether oxygens (including phenoxy) is 1. The minimum absolute atomic E-state index is 0.805. The first-order valence-corrected chi connectivity index (χ1v) is 8.19. The van der Waals surface area contributed by atoms with Crippen molar-refractivity contribution in [3.63, 3.8) is 0 Å². The highest BCUT2D eigenvalue weighted by Gasteiger charge is 2.03. The van der Waals surface area contributed by atoms with E-state index in [1.165, 1.54) is 19.3 Å². The van der Waals surface area contributed by atoms with Crippen molar-refractivity contribution in [2.24, 2.45) is 0 Å². The zero-order valence-corrected chi connectivity index (χ0v) is 12.9. The van der Waals surface area contributed by atoms with E-state index >= 15 is 0 Å². The summed E-state index contributed by atoms with van der Waals surface area (Å²) in [6.45, 7) is 5.20. The summed E-state index contributed by atoms with van der Waals surface area (Å²) in [7, 11) is 0. The molecule has 0 amide bonds. The van der Waals surface area contributed by atoms with Gasteiger partial charge in [-0.05, 0) is 36.8 Å². The summed E-state index contributed by atoms with van der Waals surface area (Å²) in [6, 6.07) is 5.95. The monoisotopic (exact) mass is 286 g/mol. The maximum atomic E-state index is 6.16. The Bertz CT molecular complexity index is 341. The number of unbranched alkanes of at least 4 members (excludes halogenated alkanes) is 3. The summed E-state index contributed by atoms with van der Waals surface area (Å²) in [5, 5.41) is 0.826. The lowest BCUT2D eigenvalue weighted by molar-refractivity contribution is 0.304. The molecule has 0 radical (unpaired) electrons. The number of halogens is 1. The smallest absolute Gasteiger partial charge is 0.120 e. The van der Waals surface area contributed by atoms with Gasteiger partial charge in [-0.25, -0.2) is 0 Å². The zero-order valence-electron chi connectivity index (χ0n) is 11.4. The second-order valence-electron chi connectivity index (χ2n) is 4.35. The lowest BCUT2D eigenvalue weighted by atomic mass is 10.2. The second kappa shape index (κ2) is 9.57. The summed E-state index contributed by atoms with van der Waals surface area (Å²) < 4.78 is 5.76. The van der Waals surface area contributed by atoms with Gasteiger partial charge in [0.2, 0.25) is 0 Å². The van der Waals surface area contributed by atoms with Crippen LogP contribution >= 0.6 is 23.4 Å². The van der Waals surface area contributed by atoms with Crippen LogP contribution in [0.1, 0.15) is 46.0 Å². The van der Waals surface area contributed by atoms with Crippen molar-refractivity contribution in [2.45, 2.75) is 50.8 Å². The lowest BCUT2D eigenvalue weighted by Crippen LogP contribution is -1.97. The molecule has 0 aliphatic carbocycles. The van der Waals surface area contributed by atoms with Crippen molar-refractivity contribution < 1.29 is 4.74 Å². The molecule has 0 heterocycles. The molecule has 0 atom stereocenters. The molecular weight excluding hydrogens is 264 g/mol. The Hall–Kier alpha value is -0.340. The topological polar surface area (TPSA) is 9.23 Å². The Morgan fingerprint density at radius 3 is 2.67 bits per heavy atom. The molecule has 0 fully saturated rings. The molecule has 0 aliphatic heterocycles. The fourth-order valence-electron chi connectivity index (χ4n) is 1.61. The molecule has 0 saturated heterocycles. The van der Waals surface area contributed by atoms with Gasteiger partial charge < -0.3 is 4.74 Å². The first-order valence-electron chi connectivity index (χ1n) is 6.83. The van der Waals surface area contributed by atoms with Crippen LogP contribution in [0.15, 0.2) is 23.1 Å². The van der Waals surface area contributed by atoms with Crippen LogP contribution in [0.25, 0.3) is 0 Å². The Labute approximate surface area is 120 Å². The summed E-state index contributed by atoms with van der Waals surface area (Å²) >= 11 is 7.95. The molecule has 0 aromatic heterocycles. The van der Waals surface area contributed by atoms with Crippen LogP contribution in [-0.2, 0) is 0 Å². The number of benzene rings is 1. The van der Waals surface area contributed by atoms with Crippen LogP contribution in [0.3, 0.4) is 0 Å². The minimum atomic E-state index is 0.805. The Balaban J connectivity index is 2.40. The van der Waals surface area contributed by atoms with Crippen LogP contribution in [0.2, 0.25) is 5.02 Å². The number of hydrogen-bond acceptors (Lipinski definition) is 2. The first-order chi connectivity index (χ1) is 8.77. The van der Waals surface area contributed by atoms with E-state index in [-0.39, 0.29) is 0 Å². The predicted octanol–water partition coefficient (Wildman–Crippen LogP) is 5.80. The molecule has 1 nitrogen and oxygen atoms in total. The van der Waals surface area contributed by atoms with Crippen LogP contribution < -0.4 is 4.74 Å². The third-order valence-corrected chi connectivity index (χ3v) is 4.33. The summed E-state index contributed by atoms with van der Waals surface area (Å²) in [6.07, 6.45) is 6.10. The van der Waals surface area contributed by atoms with Crippen molar-refractivity contribution in [3.8, 4) is 5.75 Å². The number of hydrogen-bond donors (Lipinski definition) is 0. The standard InChI is InChI=1S/C15H23ClOS/c1-3-5-6-7-10-17-13-8-9-14(16)15(12-13)18-11-4-2/h8-9,12H,3-7,10-11H2,1-2H3. The van der Waals surface area contributed by atoms with Gasteiger partial charge in [-0.3, -0.25) is 0 Å². The van der Waals surface area contributed by atoms with Gasteiger partial charge in [-0.1, -0.05) is 44.7 Å². The average Bonchev–Trinajstić information content (AvgIpc) is 2.39. The largest absolute Gasteiger partial charge is 0.494 e. The van der Waals surface area contributed by atoms with E-state index in [4.69, 9.17) is 16.3 Å². The Morgan fingerprint density at radius 2 is 1.94 bits per heavy atom. The quantitative estimate of drug-likeness (QED) is 0.419. The van der Waals surface area contributed by atoms with Crippen molar-refractivity contribution in [2.75, 3.05) is 12.4 Å². The van der Waals surface area contributed by atoms with Gasteiger partial charge in [0.05, 0.1) is 11.6 Å². The molecular formula is C15H23ClOS. The fourth-order valence-corrected chi connectivity index (χ4v) is 2.73. The summed E-state index contributed by atoms with van der Waals surface area (Å²) in [5.41, 5.74) is 0. The zero-order chi connectivity index (χ0) is 13.2. The minimum Gasteiger partial charge on any atom is -0.494 e. The third kappa shape index (κ3) is 6.01. The summed E-state index contributed by atoms with van der Waals surface area (Å²) in [4.78, 5) is 1.13. The molecule has 0 unspecified atom stereocenters. The third-order valence-electron chi connectivity index (χ3n) is 2.63. The summed E-state index contributed by atoms with van der Waals surface area (Å²) in [5.74, 6) is 2.04. The SMILES string of the molecule is CCCCCCOc1ccc(Cl)c(SCCC)c1. The fraction of sp³-hybridized carbons (Fsp3) is 0.600. The van der Waals surface area contributed by atoms with Crippen LogP contribution in [0.4, 0.5) is 0 Å². The lowest BCUT2D eigenvalue weighted by Gasteiger charge is -2.09. The van der Waals surface area contributed by atoms with Crippen LogP contribution in [0.5, 0.6) is 5.75 Å². The Kier molecular flexibility index (Phi) is 8.36. The van der Waals surface area contributed by atoms with E-state index < -0.39 is 0 Å². The molecule has 0 N–H and O–H groups in total. The molecule has 0 spiro atoms. The van der Waals surface area contributed by atoms with E-state index in [9.17, 15) is 0 Å². The van der Waals surface area contributed by atoms with E-state index in [1.54, 1.807) is 11.8 Å². The van der Waals surface area contributed by atoms with E-state index in [0.29, 0.717) is 0 Å². The number of thioether (sulfide) groups is 1. The molecule has 1 rings (SSSR count). The normalized spacial score (nSPS) is 10.6. The molecule has 3 heteroatoms. The second-order valence-corrected chi connectivity index (χ2v) is 5.89. The molecule has 0 bridgehead atoms. The highest BCUT2D eigenvalue weighted by Crippen LogP contribution is 2.31. The average molecular weight is 287 g/mol. The van der Waals surface area contributed by atoms with Gasteiger partial charge in [0.25, 0.3) is 0 Å². The van der Waals surface area contributed by atoms with Crippen molar-refractivity contribution >= 4 is 23.4 Å². The molecule has 1 aromatic carbocycles. The molecule has 1 aromatic rings. The molecule has 0 aliphatic rings. The van der Waals surface area contributed by atoms with Gasteiger partial charge in [0, 0.05) is 4.90 Å². The van der Waals surface area contributed by atoms with E-state index in [0.717, 1.165) is 40.9 Å². The van der Waals surface area contributed by atoms with E-state index in [2.05, 4.69) is 19.9 Å². The maximum Gasteiger partial charge on any atom is 0.120 e. The van der Waals surface area contributed by atoms with Crippen molar-refractivity contribution in [1.82, 2.24) is 0 Å². The predicted molar refractivity (Wildman–Crippen MR) is 82.1 cm³/mol. The highest BCUT2D eigenvalue weighted by molar-refractivity contribution is 7.99. The van der Waals surface area contributed by atoms with Gasteiger partial charge in [0.15, 0.2) is 0 Å². The van der Waals surface area contributed by atoms with Crippen molar-refractivity contribution in [3.05, 3.63) is 23.2 Å². The Morgan fingerprint density at radius 1 is 1.11 bits per heavy atom. The maximum absolute atomic E-state index is 6.16. The van der Waals surface area contributed by atoms with Crippen LogP contribution in [-0.4, -0.2) is 12.4 Å². The highest BCUT2D eigenvalue weighted by atomic mass is 35.5. The van der Waals surface area contributed by atoms with E-state index in [1.807, 2.05) is 12.1 Å². The molecule has 18 heavy (non-hydrogen) atoms. The van der Waals surface area contributed by atoms with Crippen molar-refractivity contribution in [1.29, 1.82) is 0 Å². The first kappa shape index (κ1) is 15.7. The van der Waals surface area contributed by atoms with Gasteiger partial charge >= 0.3 is 0 Å². The van der Waals surface area contributed by atoms with Gasteiger partial charge in [-0.15, -0.1) is 11.8 Å². The molecule has 102 valence electrons.